The summed E-state index contributed by atoms with van der Waals surface area (Å²) in [4.78, 5) is 0. The van der Waals surface area contributed by atoms with E-state index in [0.29, 0.717) is 5.92 Å². The number of nitrogens with one attached hydrogen (secondary N) is 1. The lowest BCUT2D eigenvalue weighted by Crippen LogP contribution is -2.29. The molecule has 0 saturated heterocycles. The van der Waals surface area contributed by atoms with Gasteiger partial charge in [-0.05, 0) is 30.2 Å². The van der Waals surface area contributed by atoms with Crippen LogP contribution in [0.25, 0.3) is 0 Å². The van der Waals surface area contributed by atoms with E-state index in [2.05, 4.69) is 24.4 Å². The van der Waals surface area contributed by atoms with E-state index >= 15 is 0 Å². The second-order valence-electron chi connectivity index (χ2n) is 4.62. The minimum Gasteiger partial charge on any atom is -0.468 e. The molecule has 0 fully saturated rings. The van der Waals surface area contributed by atoms with Crippen LogP contribution in [0.1, 0.15) is 24.3 Å². The molecule has 1 aromatic heterocycles. The molecule has 18 heavy (non-hydrogen) atoms. The van der Waals surface area contributed by atoms with Crippen LogP contribution in [0.5, 0.6) is 0 Å². The Bertz CT molecular complexity index is 439. The molecule has 0 amide bonds. The van der Waals surface area contributed by atoms with Crippen molar-refractivity contribution in [3.63, 3.8) is 0 Å². The minimum absolute atomic E-state index is 0.0651. The summed E-state index contributed by atoms with van der Waals surface area (Å²) in [5.41, 5.74) is 7.42. The zero-order valence-corrected chi connectivity index (χ0v) is 10.7. The fraction of sp³-hybridized carbons (Fsp3) is 0.333. The van der Waals surface area contributed by atoms with Crippen LogP contribution >= 0.6 is 0 Å². The maximum absolute atomic E-state index is 6.23. The number of rotatable bonds is 6. The average Bonchev–Trinajstić information content (AvgIpc) is 2.92. The van der Waals surface area contributed by atoms with Crippen LogP contribution in [0.4, 0.5) is 0 Å². The van der Waals surface area contributed by atoms with Gasteiger partial charge in [0, 0.05) is 6.04 Å². The van der Waals surface area contributed by atoms with Gasteiger partial charge >= 0.3 is 0 Å². The Hall–Kier alpha value is -1.58. The van der Waals surface area contributed by atoms with Crippen LogP contribution in [-0.4, -0.2) is 6.54 Å². The summed E-state index contributed by atoms with van der Waals surface area (Å²) in [6.45, 7) is 3.78. The molecular weight excluding hydrogens is 224 g/mol. The highest BCUT2D eigenvalue weighted by Gasteiger charge is 2.14. The van der Waals surface area contributed by atoms with E-state index in [1.54, 1.807) is 6.26 Å². The Balaban J connectivity index is 1.79. The molecule has 3 nitrogen and oxygen atoms in total. The monoisotopic (exact) mass is 244 g/mol. The predicted octanol–water partition coefficient (Wildman–Crippen LogP) is 2.71. The van der Waals surface area contributed by atoms with Gasteiger partial charge in [0.05, 0.1) is 12.8 Å². The number of hydrogen-bond donors (Lipinski definition) is 2. The molecular formula is C15H20N2O. The highest BCUT2D eigenvalue weighted by molar-refractivity contribution is 5.19. The maximum Gasteiger partial charge on any atom is 0.117 e. The van der Waals surface area contributed by atoms with E-state index in [-0.39, 0.29) is 6.04 Å². The van der Waals surface area contributed by atoms with E-state index in [4.69, 9.17) is 10.2 Å². The van der Waals surface area contributed by atoms with Gasteiger partial charge in [-0.2, -0.15) is 0 Å². The van der Waals surface area contributed by atoms with Crippen molar-refractivity contribution < 1.29 is 4.42 Å². The van der Waals surface area contributed by atoms with Gasteiger partial charge in [0.2, 0.25) is 0 Å². The van der Waals surface area contributed by atoms with Gasteiger partial charge in [-0.15, -0.1) is 0 Å². The summed E-state index contributed by atoms with van der Waals surface area (Å²) in [6.07, 6.45) is 1.69. The SMILES string of the molecule is CC(CNCc1ccco1)C(N)c1ccccc1. The normalized spacial score (nSPS) is 14.3. The van der Waals surface area contributed by atoms with E-state index in [1.807, 2.05) is 30.3 Å². The van der Waals surface area contributed by atoms with Crippen LogP contribution in [0.3, 0.4) is 0 Å². The summed E-state index contributed by atoms with van der Waals surface area (Å²) in [6, 6.07) is 14.1. The molecule has 1 aromatic carbocycles. The maximum atomic E-state index is 6.23. The van der Waals surface area contributed by atoms with E-state index in [0.717, 1.165) is 18.8 Å². The van der Waals surface area contributed by atoms with Crippen LogP contribution in [0.2, 0.25) is 0 Å². The Labute approximate surface area is 108 Å². The van der Waals surface area contributed by atoms with Crippen molar-refractivity contribution in [3.05, 3.63) is 60.1 Å². The lowest BCUT2D eigenvalue weighted by atomic mass is 9.95. The van der Waals surface area contributed by atoms with Crippen molar-refractivity contribution in [2.24, 2.45) is 11.7 Å². The van der Waals surface area contributed by atoms with Crippen LogP contribution in [-0.2, 0) is 6.54 Å². The molecule has 0 saturated carbocycles. The van der Waals surface area contributed by atoms with Gasteiger partial charge in [-0.3, -0.25) is 0 Å². The van der Waals surface area contributed by atoms with E-state index in [9.17, 15) is 0 Å². The molecule has 2 rings (SSSR count). The van der Waals surface area contributed by atoms with Crippen molar-refractivity contribution >= 4 is 0 Å². The summed E-state index contributed by atoms with van der Waals surface area (Å²) >= 11 is 0. The molecule has 0 aliphatic carbocycles. The quantitative estimate of drug-likeness (QED) is 0.821. The summed E-state index contributed by atoms with van der Waals surface area (Å²) in [5, 5.41) is 3.36. The molecule has 0 aliphatic heterocycles. The third-order valence-electron chi connectivity index (χ3n) is 3.14. The Morgan fingerprint density at radius 2 is 1.94 bits per heavy atom. The zero-order chi connectivity index (χ0) is 12.8. The molecule has 0 aliphatic rings. The van der Waals surface area contributed by atoms with Crippen molar-refractivity contribution in [3.8, 4) is 0 Å². The van der Waals surface area contributed by atoms with Gasteiger partial charge in [0.15, 0.2) is 0 Å². The van der Waals surface area contributed by atoms with Crippen LogP contribution < -0.4 is 11.1 Å². The Kier molecular flexibility index (Phi) is 4.56. The number of furan rings is 1. The Morgan fingerprint density at radius 1 is 1.17 bits per heavy atom. The van der Waals surface area contributed by atoms with Gasteiger partial charge < -0.3 is 15.5 Å². The molecule has 3 heteroatoms. The summed E-state index contributed by atoms with van der Waals surface area (Å²) < 4.78 is 5.27. The lowest BCUT2D eigenvalue weighted by molar-refractivity contribution is 0.413. The first-order valence-electron chi connectivity index (χ1n) is 6.31. The first-order valence-corrected chi connectivity index (χ1v) is 6.31. The van der Waals surface area contributed by atoms with Crippen molar-refractivity contribution in [2.45, 2.75) is 19.5 Å². The van der Waals surface area contributed by atoms with Crippen molar-refractivity contribution in [1.29, 1.82) is 0 Å². The topological polar surface area (TPSA) is 51.2 Å². The fourth-order valence-corrected chi connectivity index (χ4v) is 1.97. The first-order chi connectivity index (χ1) is 8.77. The molecule has 2 aromatic rings. The van der Waals surface area contributed by atoms with Gasteiger partial charge in [0.1, 0.15) is 5.76 Å². The minimum atomic E-state index is 0.0651. The van der Waals surface area contributed by atoms with Crippen molar-refractivity contribution in [2.75, 3.05) is 6.54 Å². The lowest BCUT2D eigenvalue weighted by Gasteiger charge is -2.20. The summed E-state index contributed by atoms with van der Waals surface area (Å²) in [7, 11) is 0. The van der Waals surface area contributed by atoms with Crippen molar-refractivity contribution in [1.82, 2.24) is 5.32 Å². The van der Waals surface area contributed by atoms with E-state index in [1.165, 1.54) is 5.56 Å². The number of benzene rings is 1. The highest BCUT2D eigenvalue weighted by Crippen LogP contribution is 2.18. The molecule has 0 radical (unpaired) electrons. The molecule has 3 N–H and O–H groups in total. The second-order valence-corrected chi connectivity index (χ2v) is 4.62. The average molecular weight is 244 g/mol. The molecule has 96 valence electrons. The summed E-state index contributed by atoms with van der Waals surface area (Å²) in [5.74, 6) is 1.33. The number of nitrogens with two attached hydrogens (primary N) is 1. The zero-order valence-electron chi connectivity index (χ0n) is 10.7. The van der Waals surface area contributed by atoms with E-state index < -0.39 is 0 Å². The van der Waals surface area contributed by atoms with Gasteiger partial charge in [-0.25, -0.2) is 0 Å². The van der Waals surface area contributed by atoms with Gasteiger partial charge in [-0.1, -0.05) is 37.3 Å². The molecule has 2 unspecified atom stereocenters. The third kappa shape index (κ3) is 3.45. The fourth-order valence-electron chi connectivity index (χ4n) is 1.97. The number of hydrogen-bond acceptors (Lipinski definition) is 3. The third-order valence-corrected chi connectivity index (χ3v) is 3.14. The van der Waals surface area contributed by atoms with Gasteiger partial charge in [0.25, 0.3) is 0 Å². The molecule has 0 spiro atoms. The highest BCUT2D eigenvalue weighted by atomic mass is 16.3. The smallest absolute Gasteiger partial charge is 0.117 e. The van der Waals surface area contributed by atoms with Crippen LogP contribution in [0.15, 0.2) is 53.1 Å². The molecule has 2 atom stereocenters. The second kappa shape index (κ2) is 6.38. The standard InChI is InChI=1S/C15H20N2O/c1-12(10-17-11-14-8-5-9-18-14)15(16)13-6-3-2-4-7-13/h2-9,12,15,17H,10-11,16H2,1H3. The molecule has 0 bridgehead atoms. The van der Waals surface area contributed by atoms with Crippen LogP contribution in [0, 0.1) is 5.92 Å². The predicted molar refractivity (Wildman–Crippen MR) is 72.9 cm³/mol. The molecule has 1 heterocycles. The Morgan fingerprint density at radius 3 is 2.61 bits per heavy atom. The first kappa shape index (κ1) is 12.9. The largest absolute Gasteiger partial charge is 0.468 e.